The van der Waals surface area contributed by atoms with Crippen LogP contribution < -0.4 is 0 Å². The Hall–Kier alpha value is -2.80. The van der Waals surface area contributed by atoms with Gasteiger partial charge in [0.05, 0.1) is 18.3 Å². The molecule has 4 heteroatoms. The van der Waals surface area contributed by atoms with Gasteiger partial charge in [0.15, 0.2) is 0 Å². The second kappa shape index (κ2) is 6.31. The summed E-state index contributed by atoms with van der Waals surface area (Å²) < 4.78 is 4.96. The van der Waals surface area contributed by atoms with E-state index in [0.717, 1.165) is 16.8 Å². The molecule has 0 unspecified atom stereocenters. The molecule has 1 atom stereocenters. The van der Waals surface area contributed by atoms with E-state index in [1.807, 2.05) is 49.4 Å². The van der Waals surface area contributed by atoms with E-state index < -0.39 is 0 Å². The molecule has 2 heterocycles. The largest absolute Gasteiger partial charge is 0.448 e. The standard InChI is InChI=1S/C18H16N2O2/c1-14(20-11-12-22-18(20)21)17-10-9-16(13-19-17)8-7-15-5-3-2-4-6-15/h2-6,9-10,13-14H,11-12H2,1H3/t14-/m1/s1. The predicted octanol–water partition coefficient (Wildman–Crippen LogP) is 2.99. The maximum atomic E-state index is 11.6. The summed E-state index contributed by atoms with van der Waals surface area (Å²) in [6.07, 6.45) is 1.46. The van der Waals surface area contributed by atoms with Crippen molar-refractivity contribution < 1.29 is 9.53 Å². The van der Waals surface area contributed by atoms with E-state index in [9.17, 15) is 4.79 Å². The van der Waals surface area contributed by atoms with Crippen LogP contribution in [0.15, 0.2) is 48.7 Å². The van der Waals surface area contributed by atoms with E-state index in [1.165, 1.54) is 0 Å². The molecule has 1 aromatic heterocycles. The summed E-state index contributed by atoms with van der Waals surface area (Å²) in [5.41, 5.74) is 2.66. The fraction of sp³-hybridized carbons (Fsp3) is 0.222. The van der Waals surface area contributed by atoms with Crippen molar-refractivity contribution in [2.75, 3.05) is 13.2 Å². The summed E-state index contributed by atoms with van der Waals surface area (Å²) in [5, 5.41) is 0. The lowest BCUT2D eigenvalue weighted by Crippen LogP contribution is -2.28. The second-order valence-corrected chi connectivity index (χ2v) is 5.07. The zero-order valence-electron chi connectivity index (χ0n) is 12.3. The summed E-state index contributed by atoms with van der Waals surface area (Å²) in [4.78, 5) is 17.7. The van der Waals surface area contributed by atoms with Gasteiger partial charge >= 0.3 is 6.09 Å². The minimum Gasteiger partial charge on any atom is -0.448 e. The van der Waals surface area contributed by atoms with Crippen molar-refractivity contribution in [1.29, 1.82) is 0 Å². The molecule has 1 aliphatic rings. The first-order chi connectivity index (χ1) is 10.7. The summed E-state index contributed by atoms with van der Waals surface area (Å²) in [7, 11) is 0. The molecular weight excluding hydrogens is 276 g/mol. The molecular formula is C18H16N2O2. The number of carbonyl (C=O) groups excluding carboxylic acids is 1. The number of amides is 1. The molecule has 3 rings (SSSR count). The van der Waals surface area contributed by atoms with Crippen molar-refractivity contribution in [1.82, 2.24) is 9.88 Å². The van der Waals surface area contributed by atoms with Crippen LogP contribution in [0, 0.1) is 11.8 Å². The van der Waals surface area contributed by atoms with Crippen LogP contribution in [0.25, 0.3) is 0 Å². The maximum Gasteiger partial charge on any atom is 0.410 e. The van der Waals surface area contributed by atoms with Gasteiger partial charge in [0, 0.05) is 17.3 Å². The van der Waals surface area contributed by atoms with Gasteiger partial charge in [-0.2, -0.15) is 0 Å². The Morgan fingerprint density at radius 3 is 2.55 bits per heavy atom. The molecule has 110 valence electrons. The first-order valence-electron chi connectivity index (χ1n) is 7.20. The minimum atomic E-state index is -0.276. The van der Waals surface area contributed by atoms with E-state index in [4.69, 9.17) is 4.74 Å². The number of aromatic nitrogens is 1. The molecule has 1 saturated heterocycles. The highest BCUT2D eigenvalue weighted by atomic mass is 16.6. The Morgan fingerprint density at radius 2 is 1.91 bits per heavy atom. The van der Waals surface area contributed by atoms with Gasteiger partial charge in [0.1, 0.15) is 6.61 Å². The summed E-state index contributed by atoms with van der Waals surface area (Å²) in [5.74, 6) is 6.18. The number of ether oxygens (including phenoxy) is 1. The molecule has 0 radical (unpaired) electrons. The fourth-order valence-electron chi connectivity index (χ4n) is 2.31. The summed E-state index contributed by atoms with van der Waals surface area (Å²) in [6.45, 7) is 3.01. The van der Waals surface area contributed by atoms with E-state index in [1.54, 1.807) is 11.1 Å². The Labute approximate surface area is 129 Å². The lowest BCUT2D eigenvalue weighted by molar-refractivity contribution is 0.149. The quantitative estimate of drug-likeness (QED) is 0.799. The second-order valence-electron chi connectivity index (χ2n) is 5.07. The van der Waals surface area contributed by atoms with Crippen molar-refractivity contribution >= 4 is 6.09 Å². The van der Waals surface area contributed by atoms with Crippen LogP contribution in [-0.4, -0.2) is 29.1 Å². The first-order valence-corrected chi connectivity index (χ1v) is 7.20. The van der Waals surface area contributed by atoms with Crippen molar-refractivity contribution in [2.45, 2.75) is 13.0 Å². The van der Waals surface area contributed by atoms with Crippen LogP contribution in [0.3, 0.4) is 0 Å². The van der Waals surface area contributed by atoms with Gasteiger partial charge in [-0.3, -0.25) is 9.88 Å². The molecule has 0 bridgehead atoms. The number of cyclic esters (lactones) is 1. The number of hydrogen-bond acceptors (Lipinski definition) is 3. The Kier molecular flexibility index (Phi) is 4.06. The third-order valence-electron chi connectivity index (χ3n) is 3.60. The Bertz CT molecular complexity index is 714. The van der Waals surface area contributed by atoms with Crippen LogP contribution in [0.4, 0.5) is 4.79 Å². The van der Waals surface area contributed by atoms with Crippen LogP contribution in [-0.2, 0) is 4.74 Å². The molecule has 0 N–H and O–H groups in total. The topological polar surface area (TPSA) is 42.4 Å². The molecule has 0 saturated carbocycles. The molecule has 22 heavy (non-hydrogen) atoms. The van der Waals surface area contributed by atoms with Gasteiger partial charge in [0.2, 0.25) is 0 Å². The molecule has 4 nitrogen and oxygen atoms in total. The Balaban J connectivity index is 1.73. The molecule has 1 aromatic carbocycles. The number of rotatable bonds is 2. The third-order valence-corrected chi connectivity index (χ3v) is 3.60. The summed E-state index contributed by atoms with van der Waals surface area (Å²) in [6, 6.07) is 13.6. The number of pyridine rings is 1. The summed E-state index contributed by atoms with van der Waals surface area (Å²) >= 11 is 0. The van der Waals surface area contributed by atoms with Crippen LogP contribution >= 0.6 is 0 Å². The van der Waals surface area contributed by atoms with E-state index >= 15 is 0 Å². The van der Waals surface area contributed by atoms with Gasteiger partial charge in [-0.25, -0.2) is 4.79 Å². The number of hydrogen-bond donors (Lipinski definition) is 0. The van der Waals surface area contributed by atoms with Crippen LogP contribution in [0.1, 0.15) is 29.8 Å². The average molecular weight is 292 g/mol. The predicted molar refractivity (Wildman–Crippen MR) is 83.1 cm³/mol. The molecule has 0 aliphatic carbocycles. The van der Waals surface area contributed by atoms with Gasteiger partial charge in [-0.05, 0) is 31.2 Å². The highest BCUT2D eigenvalue weighted by Gasteiger charge is 2.28. The average Bonchev–Trinajstić information content (AvgIpc) is 3.00. The van der Waals surface area contributed by atoms with E-state index in [2.05, 4.69) is 16.8 Å². The van der Waals surface area contributed by atoms with Crippen molar-refractivity contribution in [3.05, 3.63) is 65.5 Å². The lowest BCUT2D eigenvalue weighted by Gasteiger charge is -2.20. The zero-order valence-corrected chi connectivity index (χ0v) is 12.3. The monoisotopic (exact) mass is 292 g/mol. The van der Waals surface area contributed by atoms with Crippen LogP contribution in [0.5, 0.6) is 0 Å². The fourth-order valence-corrected chi connectivity index (χ4v) is 2.31. The van der Waals surface area contributed by atoms with Gasteiger partial charge in [-0.15, -0.1) is 0 Å². The maximum absolute atomic E-state index is 11.6. The first kappa shape index (κ1) is 14.2. The van der Waals surface area contributed by atoms with Crippen molar-refractivity contribution in [3.8, 4) is 11.8 Å². The van der Waals surface area contributed by atoms with Gasteiger partial charge < -0.3 is 4.74 Å². The van der Waals surface area contributed by atoms with E-state index in [-0.39, 0.29) is 12.1 Å². The van der Waals surface area contributed by atoms with Crippen molar-refractivity contribution in [3.63, 3.8) is 0 Å². The van der Waals surface area contributed by atoms with Gasteiger partial charge in [0.25, 0.3) is 0 Å². The molecule has 0 spiro atoms. The Morgan fingerprint density at radius 1 is 1.14 bits per heavy atom. The third kappa shape index (κ3) is 3.09. The molecule has 1 fully saturated rings. The van der Waals surface area contributed by atoms with Crippen molar-refractivity contribution in [2.24, 2.45) is 0 Å². The highest BCUT2D eigenvalue weighted by Crippen LogP contribution is 2.21. The molecule has 1 amide bonds. The normalized spacial score (nSPS) is 15.0. The smallest absolute Gasteiger partial charge is 0.410 e. The number of carbonyl (C=O) groups is 1. The highest BCUT2D eigenvalue weighted by molar-refractivity contribution is 5.69. The lowest BCUT2D eigenvalue weighted by atomic mass is 10.1. The molecule has 1 aliphatic heterocycles. The SMILES string of the molecule is C[C@H](c1ccc(C#Cc2ccccc2)cn1)N1CCOC1=O. The van der Waals surface area contributed by atoms with E-state index in [0.29, 0.717) is 13.2 Å². The number of benzene rings is 1. The van der Waals surface area contributed by atoms with Crippen LogP contribution in [0.2, 0.25) is 0 Å². The number of nitrogens with zero attached hydrogens (tertiary/aromatic N) is 2. The zero-order chi connectivity index (χ0) is 15.4. The minimum absolute atomic E-state index is 0.0915. The van der Waals surface area contributed by atoms with Gasteiger partial charge in [-0.1, -0.05) is 30.0 Å². The molecule has 2 aromatic rings.